The van der Waals surface area contributed by atoms with Crippen LogP contribution in [0, 0.1) is 5.41 Å². The summed E-state index contributed by atoms with van der Waals surface area (Å²) in [5.74, 6) is 0. The van der Waals surface area contributed by atoms with Gasteiger partial charge in [-0.05, 0) is 11.6 Å². The lowest BCUT2D eigenvalue weighted by Gasteiger charge is -2.45. The molecular weight excluding hydrogens is 254 g/mol. The van der Waals surface area contributed by atoms with E-state index in [9.17, 15) is 5.11 Å². The third-order valence-corrected chi connectivity index (χ3v) is 4.30. The maximum Gasteiger partial charge on any atom is 0.0579 e. The number of ether oxygens (including phenoxy) is 1. The molecule has 2 fully saturated rings. The van der Waals surface area contributed by atoms with Gasteiger partial charge in [0.1, 0.15) is 0 Å². The van der Waals surface area contributed by atoms with Crippen molar-refractivity contribution in [2.75, 3.05) is 52.5 Å². The van der Waals surface area contributed by atoms with E-state index in [1.807, 2.05) is 18.5 Å². The van der Waals surface area contributed by atoms with Gasteiger partial charge in [-0.15, -0.1) is 0 Å². The largest absolute Gasteiger partial charge is 0.396 e. The molecule has 1 aromatic heterocycles. The molecule has 3 rings (SSSR count). The summed E-state index contributed by atoms with van der Waals surface area (Å²) in [5, 5.41) is 9.49. The third-order valence-electron chi connectivity index (χ3n) is 4.30. The van der Waals surface area contributed by atoms with Crippen LogP contribution in [-0.2, 0) is 11.3 Å². The highest BCUT2D eigenvalue weighted by Gasteiger charge is 2.40. The summed E-state index contributed by atoms with van der Waals surface area (Å²) in [7, 11) is 0. The topological polar surface area (TPSA) is 48.8 Å². The fourth-order valence-corrected chi connectivity index (χ4v) is 2.95. The number of hydrogen-bond donors (Lipinski definition) is 1. The summed E-state index contributed by atoms with van der Waals surface area (Å²) in [6.45, 7) is 7.90. The average Bonchev–Trinajstić information content (AvgIpc) is 2.46. The highest BCUT2D eigenvalue weighted by Crippen LogP contribution is 2.28. The number of pyridine rings is 1. The number of hydrogen-bond acceptors (Lipinski definition) is 5. The Bertz CT molecular complexity index is 409. The quantitative estimate of drug-likeness (QED) is 0.834. The molecule has 3 heterocycles. The number of aliphatic hydroxyl groups is 1. The molecule has 20 heavy (non-hydrogen) atoms. The van der Waals surface area contributed by atoms with Crippen LogP contribution in [0.3, 0.4) is 0 Å². The van der Waals surface area contributed by atoms with Crippen molar-refractivity contribution in [1.29, 1.82) is 0 Å². The summed E-state index contributed by atoms with van der Waals surface area (Å²) in [4.78, 5) is 9.09. The second-order valence-electron chi connectivity index (χ2n) is 6.06. The summed E-state index contributed by atoms with van der Waals surface area (Å²) in [6, 6.07) is 4.12. The van der Waals surface area contributed by atoms with Crippen molar-refractivity contribution in [3.63, 3.8) is 0 Å². The van der Waals surface area contributed by atoms with Crippen molar-refractivity contribution in [2.24, 2.45) is 5.41 Å². The monoisotopic (exact) mass is 277 g/mol. The minimum atomic E-state index is 0.00548. The lowest BCUT2D eigenvalue weighted by Crippen LogP contribution is -2.56. The van der Waals surface area contributed by atoms with Crippen molar-refractivity contribution >= 4 is 0 Å². The van der Waals surface area contributed by atoms with Gasteiger partial charge in [0, 0.05) is 51.7 Å². The summed E-state index contributed by atoms with van der Waals surface area (Å²) in [6.07, 6.45) is 3.76. The number of piperazine rings is 1. The molecule has 5 heteroatoms. The molecule has 2 saturated heterocycles. The van der Waals surface area contributed by atoms with Crippen molar-refractivity contribution in [1.82, 2.24) is 14.8 Å². The lowest BCUT2D eigenvalue weighted by molar-refractivity contribution is -0.150. The number of nitrogens with zero attached hydrogens (tertiary/aromatic N) is 3. The maximum absolute atomic E-state index is 9.49. The molecule has 0 amide bonds. The Balaban J connectivity index is 1.45. The minimum absolute atomic E-state index is 0.00548. The molecule has 0 bridgehead atoms. The van der Waals surface area contributed by atoms with Crippen LogP contribution in [-0.4, -0.2) is 72.4 Å². The molecule has 0 saturated carbocycles. The van der Waals surface area contributed by atoms with Crippen LogP contribution in [0.15, 0.2) is 24.5 Å². The van der Waals surface area contributed by atoms with Gasteiger partial charge >= 0.3 is 0 Å². The SMILES string of the molecule is OCC1(CN2CCN(Cc3cccnc3)CC2)COC1. The molecule has 0 aliphatic carbocycles. The van der Waals surface area contributed by atoms with Gasteiger partial charge in [0.05, 0.1) is 25.2 Å². The molecule has 110 valence electrons. The van der Waals surface area contributed by atoms with Crippen LogP contribution in [0.5, 0.6) is 0 Å². The van der Waals surface area contributed by atoms with E-state index in [2.05, 4.69) is 20.9 Å². The molecule has 0 radical (unpaired) electrons. The van der Waals surface area contributed by atoms with Gasteiger partial charge in [-0.2, -0.15) is 0 Å². The van der Waals surface area contributed by atoms with E-state index < -0.39 is 0 Å². The van der Waals surface area contributed by atoms with E-state index in [4.69, 9.17) is 4.74 Å². The van der Waals surface area contributed by atoms with Gasteiger partial charge in [0.15, 0.2) is 0 Å². The van der Waals surface area contributed by atoms with Crippen LogP contribution < -0.4 is 0 Å². The minimum Gasteiger partial charge on any atom is -0.396 e. The Morgan fingerprint density at radius 1 is 1.20 bits per heavy atom. The van der Waals surface area contributed by atoms with Gasteiger partial charge in [0.25, 0.3) is 0 Å². The van der Waals surface area contributed by atoms with Gasteiger partial charge in [-0.3, -0.25) is 14.8 Å². The fraction of sp³-hybridized carbons (Fsp3) is 0.667. The van der Waals surface area contributed by atoms with Crippen LogP contribution in [0.4, 0.5) is 0 Å². The average molecular weight is 277 g/mol. The van der Waals surface area contributed by atoms with Crippen LogP contribution >= 0.6 is 0 Å². The van der Waals surface area contributed by atoms with Crippen molar-refractivity contribution in [2.45, 2.75) is 6.54 Å². The van der Waals surface area contributed by atoms with Crippen LogP contribution in [0.1, 0.15) is 5.56 Å². The van der Waals surface area contributed by atoms with Gasteiger partial charge in [-0.25, -0.2) is 0 Å². The smallest absolute Gasteiger partial charge is 0.0579 e. The lowest BCUT2D eigenvalue weighted by atomic mass is 9.86. The predicted molar refractivity (Wildman–Crippen MR) is 76.3 cm³/mol. The van der Waals surface area contributed by atoms with E-state index in [0.717, 1.165) is 39.3 Å². The molecule has 5 nitrogen and oxygen atoms in total. The van der Waals surface area contributed by atoms with Crippen LogP contribution in [0.2, 0.25) is 0 Å². The molecule has 1 N–H and O–H groups in total. The first kappa shape index (κ1) is 13.9. The van der Waals surface area contributed by atoms with Crippen molar-refractivity contribution in [3.8, 4) is 0 Å². The molecule has 0 atom stereocenters. The first-order valence-corrected chi connectivity index (χ1v) is 7.32. The first-order chi connectivity index (χ1) is 9.80. The molecule has 1 aromatic rings. The predicted octanol–water partition coefficient (Wildman–Crippen LogP) is 0.208. The van der Waals surface area contributed by atoms with Crippen molar-refractivity contribution in [3.05, 3.63) is 30.1 Å². The summed E-state index contributed by atoms with van der Waals surface area (Å²) < 4.78 is 5.27. The zero-order valence-corrected chi connectivity index (χ0v) is 11.9. The molecule has 2 aliphatic heterocycles. The van der Waals surface area contributed by atoms with E-state index in [1.54, 1.807) is 0 Å². The second kappa shape index (κ2) is 6.18. The van der Waals surface area contributed by atoms with Crippen LogP contribution in [0.25, 0.3) is 0 Å². The molecular formula is C15H23N3O2. The zero-order chi connectivity index (χ0) is 13.8. The van der Waals surface area contributed by atoms with E-state index in [1.165, 1.54) is 5.56 Å². The van der Waals surface area contributed by atoms with Gasteiger partial charge in [-0.1, -0.05) is 6.07 Å². The first-order valence-electron chi connectivity index (χ1n) is 7.32. The Kier molecular flexibility index (Phi) is 4.31. The molecule has 0 unspecified atom stereocenters. The Morgan fingerprint density at radius 2 is 1.95 bits per heavy atom. The normalized spacial score (nSPS) is 23.4. The second-order valence-corrected chi connectivity index (χ2v) is 6.06. The maximum atomic E-state index is 9.49. The summed E-state index contributed by atoms with van der Waals surface area (Å²) >= 11 is 0. The van der Waals surface area contributed by atoms with E-state index >= 15 is 0 Å². The molecule has 0 spiro atoms. The highest BCUT2D eigenvalue weighted by molar-refractivity contribution is 5.08. The van der Waals surface area contributed by atoms with E-state index in [-0.39, 0.29) is 12.0 Å². The number of aromatic nitrogens is 1. The zero-order valence-electron chi connectivity index (χ0n) is 11.9. The fourth-order valence-electron chi connectivity index (χ4n) is 2.95. The third kappa shape index (κ3) is 3.17. The molecule has 2 aliphatic rings. The van der Waals surface area contributed by atoms with Crippen molar-refractivity contribution < 1.29 is 9.84 Å². The van der Waals surface area contributed by atoms with Gasteiger partial charge in [0.2, 0.25) is 0 Å². The van der Waals surface area contributed by atoms with E-state index in [0.29, 0.717) is 13.2 Å². The molecule has 0 aromatic carbocycles. The highest BCUT2D eigenvalue weighted by atomic mass is 16.5. The number of aliphatic hydroxyl groups excluding tert-OH is 1. The summed E-state index contributed by atoms with van der Waals surface area (Å²) in [5.41, 5.74) is 1.28. The van der Waals surface area contributed by atoms with Gasteiger partial charge < -0.3 is 9.84 Å². The standard InChI is InChI=1S/C15H23N3O2/c19-11-15(12-20-13-15)10-18-6-4-17(5-7-18)9-14-2-1-3-16-8-14/h1-3,8,19H,4-7,9-13H2. The Morgan fingerprint density at radius 3 is 2.50 bits per heavy atom. The number of rotatable bonds is 5. The Labute approximate surface area is 120 Å². The Hall–Kier alpha value is -1.01.